The number of rotatable bonds is 5. The SMILES string of the molecule is CCOC(=O)NCCNC(=O)c1ccc(C(C)(C)C)cc1. The topological polar surface area (TPSA) is 67.4 Å². The Morgan fingerprint density at radius 3 is 2.14 bits per heavy atom. The van der Waals surface area contributed by atoms with E-state index in [9.17, 15) is 9.59 Å². The molecular weight excluding hydrogens is 268 g/mol. The molecule has 116 valence electrons. The van der Waals surface area contributed by atoms with Crippen LogP contribution in [0.3, 0.4) is 0 Å². The van der Waals surface area contributed by atoms with Gasteiger partial charge in [0, 0.05) is 18.7 Å². The molecule has 0 unspecified atom stereocenters. The molecule has 2 N–H and O–H groups in total. The highest BCUT2D eigenvalue weighted by atomic mass is 16.5. The van der Waals surface area contributed by atoms with Crippen molar-refractivity contribution in [3.8, 4) is 0 Å². The summed E-state index contributed by atoms with van der Waals surface area (Å²) in [6.07, 6.45) is -0.471. The number of amides is 2. The van der Waals surface area contributed by atoms with Gasteiger partial charge in [0.25, 0.3) is 5.91 Å². The van der Waals surface area contributed by atoms with Gasteiger partial charge >= 0.3 is 6.09 Å². The van der Waals surface area contributed by atoms with Crippen LogP contribution in [-0.4, -0.2) is 31.7 Å². The molecule has 0 heterocycles. The molecule has 0 saturated heterocycles. The van der Waals surface area contributed by atoms with E-state index in [0.717, 1.165) is 0 Å². The molecule has 21 heavy (non-hydrogen) atoms. The average Bonchev–Trinajstić information content (AvgIpc) is 2.43. The Kier molecular flexibility index (Phi) is 6.21. The van der Waals surface area contributed by atoms with Gasteiger partial charge in [0.1, 0.15) is 0 Å². The molecule has 5 heteroatoms. The van der Waals surface area contributed by atoms with Gasteiger partial charge in [0.2, 0.25) is 0 Å². The van der Waals surface area contributed by atoms with E-state index in [0.29, 0.717) is 25.3 Å². The number of alkyl carbamates (subject to hydrolysis) is 1. The van der Waals surface area contributed by atoms with Crippen LogP contribution in [0, 0.1) is 0 Å². The molecule has 0 aliphatic heterocycles. The zero-order chi connectivity index (χ0) is 15.9. The molecule has 0 atom stereocenters. The number of ether oxygens (including phenoxy) is 1. The van der Waals surface area contributed by atoms with E-state index in [1.165, 1.54) is 5.56 Å². The maximum absolute atomic E-state index is 11.9. The normalized spacial score (nSPS) is 10.9. The summed E-state index contributed by atoms with van der Waals surface area (Å²) >= 11 is 0. The summed E-state index contributed by atoms with van der Waals surface area (Å²) in [6.45, 7) is 9.15. The number of benzene rings is 1. The van der Waals surface area contributed by atoms with E-state index >= 15 is 0 Å². The van der Waals surface area contributed by atoms with Crippen molar-refractivity contribution in [3.05, 3.63) is 35.4 Å². The molecule has 1 aromatic rings. The van der Waals surface area contributed by atoms with Crippen molar-refractivity contribution in [1.82, 2.24) is 10.6 Å². The van der Waals surface area contributed by atoms with Gasteiger partial charge in [0.05, 0.1) is 6.61 Å². The second-order valence-corrected chi connectivity index (χ2v) is 5.73. The van der Waals surface area contributed by atoms with Crippen molar-refractivity contribution in [1.29, 1.82) is 0 Å². The van der Waals surface area contributed by atoms with Crippen LogP contribution < -0.4 is 10.6 Å². The van der Waals surface area contributed by atoms with Gasteiger partial charge in [-0.25, -0.2) is 4.79 Å². The Balaban J connectivity index is 2.41. The van der Waals surface area contributed by atoms with E-state index in [1.807, 2.05) is 24.3 Å². The van der Waals surface area contributed by atoms with Crippen LogP contribution in [0.2, 0.25) is 0 Å². The largest absolute Gasteiger partial charge is 0.450 e. The monoisotopic (exact) mass is 292 g/mol. The maximum atomic E-state index is 11.9. The summed E-state index contributed by atoms with van der Waals surface area (Å²) in [6, 6.07) is 7.56. The third-order valence-corrected chi connectivity index (χ3v) is 2.97. The Labute approximate surface area is 126 Å². The molecule has 0 saturated carbocycles. The van der Waals surface area contributed by atoms with Crippen molar-refractivity contribution in [3.63, 3.8) is 0 Å². The number of nitrogens with one attached hydrogen (secondary N) is 2. The van der Waals surface area contributed by atoms with Crippen molar-refractivity contribution >= 4 is 12.0 Å². The summed E-state index contributed by atoms with van der Waals surface area (Å²) in [4.78, 5) is 23.0. The minimum Gasteiger partial charge on any atom is -0.450 e. The van der Waals surface area contributed by atoms with Crippen molar-refractivity contribution < 1.29 is 14.3 Å². The summed E-state index contributed by atoms with van der Waals surface area (Å²) in [7, 11) is 0. The molecule has 0 fully saturated rings. The van der Waals surface area contributed by atoms with Crippen molar-refractivity contribution in [2.75, 3.05) is 19.7 Å². The Hall–Kier alpha value is -2.04. The molecule has 0 spiro atoms. The van der Waals surface area contributed by atoms with Crippen LogP contribution in [0.4, 0.5) is 4.79 Å². The van der Waals surface area contributed by atoms with Crippen molar-refractivity contribution in [2.24, 2.45) is 0 Å². The lowest BCUT2D eigenvalue weighted by atomic mass is 9.87. The van der Waals surface area contributed by atoms with Crippen LogP contribution in [0.1, 0.15) is 43.6 Å². The number of hydrogen-bond acceptors (Lipinski definition) is 3. The van der Waals surface area contributed by atoms with Crippen LogP contribution >= 0.6 is 0 Å². The smallest absolute Gasteiger partial charge is 0.407 e. The first-order chi connectivity index (χ1) is 9.84. The predicted molar refractivity (Wildman–Crippen MR) is 82.5 cm³/mol. The van der Waals surface area contributed by atoms with Gasteiger partial charge in [-0.1, -0.05) is 32.9 Å². The molecule has 5 nitrogen and oxygen atoms in total. The second kappa shape index (κ2) is 7.67. The van der Waals surface area contributed by atoms with Gasteiger partial charge < -0.3 is 15.4 Å². The first-order valence-corrected chi connectivity index (χ1v) is 7.14. The molecule has 0 aliphatic carbocycles. The second-order valence-electron chi connectivity index (χ2n) is 5.73. The van der Waals surface area contributed by atoms with Crippen molar-refractivity contribution in [2.45, 2.75) is 33.1 Å². The van der Waals surface area contributed by atoms with Gasteiger partial charge in [-0.05, 0) is 30.0 Å². The fourth-order valence-corrected chi connectivity index (χ4v) is 1.75. The van der Waals surface area contributed by atoms with Gasteiger partial charge in [0.15, 0.2) is 0 Å². The number of carbonyl (C=O) groups excluding carboxylic acids is 2. The van der Waals surface area contributed by atoms with Crippen LogP contribution in [0.15, 0.2) is 24.3 Å². The fourth-order valence-electron chi connectivity index (χ4n) is 1.75. The minimum atomic E-state index is -0.471. The van der Waals surface area contributed by atoms with E-state index < -0.39 is 6.09 Å². The molecule has 0 radical (unpaired) electrons. The predicted octanol–water partition coefficient (Wildman–Crippen LogP) is 2.46. The van der Waals surface area contributed by atoms with E-state index in [-0.39, 0.29) is 11.3 Å². The Bertz CT molecular complexity index is 475. The van der Waals surface area contributed by atoms with Gasteiger partial charge in [-0.3, -0.25) is 4.79 Å². The maximum Gasteiger partial charge on any atom is 0.407 e. The molecule has 0 bridgehead atoms. The lowest BCUT2D eigenvalue weighted by Gasteiger charge is -2.19. The minimum absolute atomic E-state index is 0.0680. The van der Waals surface area contributed by atoms with Crippen LogP contribution in [-0.2, 0) is 10.2 Å². The molecule has 0 aromatic heterocycles. The number of hydrogen-bond donors (Lipinski definition) is 2. The number of carbonyl (C=O) groups is 2. The van der Waals surface area contributed by atoms with E-state index in [4.69, 9.17) is 4.74 Å². The van der Waals surface area contributed by atoms with Gasteiger partial charge in [-0.15, -0.1) is 0 Å². The molecular formula is C16H24N2O3. The highest BCUT2D eigenvalue weighted by Crippen LogP contribution is 2.22. The molecule has 2 amide bonds. The highest BCUT2D eigenvalue weighted by molar-refractivity contribution is 5.94. The summed E-state index contributed by atoms with van der Waals surface area (Å²) in [5, 5.41) is 5.29. The Morgan fingerprint density at radius 2 is 1.62 bits per heavy atom. The zero-order valence-corrected chi connectivity index (χ0v) is 13.2. The molecule has 0 aliphatic rings. The van der Waals surface area contributed by atoms with Gasteiger partial charge in [-0.2, -0.15) is 0 Å². The lowest BCUT2D eigenvalue weighted by molar-refractivity contribution is 0.0952. The Morgan fingerprint density at radius 1 is 1.05 bits per heavy atom. The third-order valence-electron chi connectivity index (χ3n) is 2.97. The quantitative estimate of drug-likeness (QED) is 0.819. The first kappa shape index (κ1) is 17.0. The average molecular weight is 292 g/mol. The molecule has 1 aromatic carbocycles. The summed E-state index contributed by atoms with van der Waals surface area (Å²) < 4.78 is 4.72. The molecule has 1 rings (SSSR count). The van der Waals surface area contributed by atoms with Crippen LogP contribution in [0.5, 0.6) is 0 Å². The fraction of sp³-hybridized carbons (Fsp3) is 0.500. The standard InChI is InChI=1S/C16H24N2O3/c1-5-21-15(20)18-11-10-17-14(19)12-6-8-13(9-7-12)16(2,3)4/h6-9H,5,10-11H2,1-4H3,(H,17,19)(H,18,20). The highest BCUT2D eigenvalue weighted by Gasteiger charge is 2.14. The lowest BCUT2D eigenvalue weighted by Crippen LogP contribution is -2.35. The third kappa shape index (κ3) is 5.85. The van der Waals surface area contributed by atoms with E-state index in [1.54, 1.807) is 6.92 Å². The van der Waals surface area contributed by atoms with Crippen LogP contribution in [0.25, 0.3) is 0 Å². The first-order valence-electron chi connectivity index (χ1n) is 7.14. The summed E-state index contributed by atoms with van der Waals surface area (Å²) in [5.74, 6) is -0.152. The zero-order valence-electron chi connectivity index (χ0n) is 13.2. The summed E-state index contributed by atoms with van der Waals surface area (Å²) in [5.41, 5.74) is 1.86. The van der Waals surface area contributed by atoms with E-state index in [2.05, 4.69) is 31.4 Å².